The highest BCUT2D eigenvalue weighted by Crippen LogP contribution is 2.49. The summed E-state index contributed by atoms with van der Waals surface area (Å²) in [5.74, 6) is -2.13. The molecular weight excluding hydrogens is 1020 g/mol. The predicted molar refractivity (Wildman–Crippen MR) is 224 cm³/mol. The topological polar surface area (TPSA) is 74.6 Å². The van der Waals surface area contributed by atoms with Crippen LogP contribution >= 0.6 is 186 Å². The number of hydrogen-bond donors (Lipinski definition) is 2. The van der Waals surface area contributed by atoms with E-state index in [9.17, 15) is 9.59 Å². The summed E-state index contributed by atoms with van der Waals surface area (Å²) in [5.41, 5.74) is 1.99. The molecule has 2 N–H and O–H groups in total. The molecule has 5 aromatic carbocycles. The SMILES string of the molecule is Clc1cc(-c2cc(Cl)c(Cl)c(Cl)c2Cl)c(Cl)c(Cl)c1Cl.Clc1cc(-c2cc(Cl)c(Cl)c(Cl)c2Cl)c(Cl)c(Cl)c1Cl.O=C(O)c1ccc(C(=O)O)cc1. The zero-order valence-electron chi connectivity index (χ0n) is 24.4. The van der Waals surface area contributed by atoms with Gasteiger partial charge in [-0.15, -0.1) is 0 Å². The maximum absolute atomic E-state index is 10.3. The monoisotopic (exact) mass is 1020 g/mol. The molecule has 5 aromatic rings. The number of carboxylic acids is 2. The molecule has 0 radical (unpaired) electrons. The first kappa shape index (κ1) is 46.1. The quantitative estimate of drug-likeness (QED) is 0.139. The van der Waals surface area contributed by atoms with Crippen LogP contribution in [0.1, 0.15) is 20.7 Å². The minimum absolute atomic E-state index is 0.0833. The lowest BCUT2D eigenvalue weighted by atomic mass is 10.1. The Morgan fingerprint density at radius 3 is 0.635 bits per heavy atom. The van der Waals surface area contributed by atoms with Crippen LogP contribution in [-0.2, 0) is 0 Å². The van der Waals surface area contributed by atoms with E-state index in [1.807, 2.05) is 0 Å². The molecule has 52 heavy (non-hydrogen) atoms. The number of benzene rings is 5. The first-order valence-electron chi connectivity index (χ1n) is 13.0. The Labute approximate surface area is 375 Å². The van der Waals surface area contributed by atoms with Crippen LogP contribution in [0.5, 0.6) is 0 Å². The third kappa shape index (κ3) is 10.5. The van der Waals surface area contributed by atoms with Crippen molar-refractivity contribution in [3.8, 4) is 22.3 Å². The minimum Gasteiger partial charge on any atom is -0.478 e. The second-order valence-corrected chi connectivity index (χ2v) is 15.7. The molecule has 0 atom stereocenters. The van der Waals surface area contributed by atoms with Crippen LogP contribution in [-0.4, -0.2) is 22.2 Å². The number of rotatable bonds is 4. The van der Waals surface area contributed by atoms with Gasteiger partial charge in [-0.1, -0.05) is 186 Å². The highest BCUT2D eigenvalue weighted by atomic mass is 35.5. The Hall–Kier alpha value is -0.320. The van der Waals surface area contributed by atoms with Gasteiger partial charge in [0.1, 0.15) is 0 Å². The third-order valence-corrected chi connectivity index (χ3v) is 13.4. The molecule has 0 amide bonds. The molecular formula is C32H10Cl16O4. The van der Waals surface area contributed by atoms with E-state index in [4.69, 9.17) is 196 Å². The lowest BCUT2D eigenvalue weighted by Gasteiger charge is -2.13. The number of aromatic carboxylic acids is 2. The summed E-state index contributed by atoms with van der Waals surface area (Å²) < 4.78 is 0. The van der Waals surface area contributed by atoms with Crippen LogP contribution in [0.4, 0.5) is 0 Å². The second-order valence-electron chi connectivity index (χ2n) is 9.58. The molecule has 0 heterocycles. The average molecular weight is 1030 g/mol. The standard InChI is InChI=1S/2C12H2Cl8.C8H6O4/c2*13-5-1-3(7(15)11(19)9(5)17)4-2-6(14)10(18)12(20)8(4)16;9-7(10)5-1-2-6(4-3-5)8(11)12/h2*1-2H;1-4H,(H,9,10)(H,11,12). The van der Waals surface area contributed by atoms with Crippen LogP contribution in [0.3, 0.4) is 0 Å². The van der Waals surface area contributed by atoms with Crippen molar-refractivity contribution in [2.24, 2.45) is 0 Å². The Morgan fingerprint density at radius 1 is 0.308 bits per heavy atom. The molecule has 274 valence electrons. The molecule has 0 aliphatic carbocycles. The molecule has 0 fully saturated rings. The van der Waals surface area contributed by atoms with Gasteiger partial charge in [-0.3, -0.25) is 0 Å². The maximum atomic E-state index is 10.3. The normalized spacial score (nSPS) is 10.6. The molecule has 0 aromatic heterocycles. The van der Waals surface area contributed by atoms with Crippen molar-refractivity contribution >= 4 is 198 Å². The molecule has 0 saturated heterocycles. The molecule has 0 spiro atoms. The van der Waals surface area contributed by atoms with Gasteiger partial charge in [-0.05, 0) is 48.5 Å². The molecule has 0 bridgehead atoms. The van der Waals surface area contributed by atoms with Gasteiger partial charge in [0.15, 0.2) is 0 Å². The first-order chi connectivity index (χ1) is 24.1. The predicted octanol–water partition coefficient (Wildman–Crippen LogP) is 18.2. The van der Waals surface area contributed by atoms with Crippen molar-refractivity contribution in [3.05, 3.63) is 140 Å². The summed E-state index contributed by atoms with van der Waals surface area (Å²) in [4.78, 5) is 20.7. The molecule has 20 heteroatoms. The highest BCUT2D eigenvalue weighted by Gasteiger charge is 2.22. The molecule has 5 rings (SSSR count). The number of carbonyl (C=O) groups is 2. The van der Waals surface area contributed by atoms with Gasteiger partial charge in [0.2, 0.25) is 0 Å². The number of carboxylic acid groups (broad SMARTS) is 2. The van der Waals surface area contributed by atoms with E-state index in [2.05, 4.69) is 0 Å². The van der Waals surface area contributed by atoms with Gasteiger partial charge in [0.25, 0.3) is 0 Å². The van der Waals surface area contributed by atoms with Crippen LogP contribution in [0, 0.1) is 0 Å². The molecule has 0 unspecified atom stereocenters. The lowest BCUT2D eigenvalue weighted by molar-refractivity contribution is 0.0681. The number of halogens is 16. The van der Waals surface area contributed by atoms with Gasteiger partial charge in [-0.25, -0.2) is 9.59 Å². The van der Waals surface area contributed by atoms with E-state index >= 15 is 0 Å². The van der Waals surface area contributed by atoms with E-state index in [1.165, 1.54) is 48.5 Å². The summed E-state index contributed by atoms with van der Waals surface area (Å²) in [6.07, 6.45) is 0. The summed E-state index contributed by atoms with van der Waals surface area (Å²) in [5, 5.41) is 19.7. The molecule has 0 aliphatic heterocycles. The fraction of sp³-hybridized carbons (Fsp3) is 0. The van der Waals surface area contributed by atoms with Gasteiger partial charge in [0.05, 0.1) is 91.5 Å². The van der Waals surface area contributed by atoms with Crippen molar-refractivity contribution < 1.29 is 19.8 Å². The smallest absolute Gasteiger partial charge is 0.335 e. The maximum Gasteiger partial charge on any atom is 0.335 e. The third-order valence-electron chi connectivity index (χ3n) is 6.37. The fourth-order valence-corrected chi connectivity index (χ4v) is 7.45. The molecule has 4 nitrogen and oxygen atoms in total. The Balaban J connectivity index is 0.000000218. The van der Waals surface area contributed by atoms with Crippen molar-refractivity contribution in [2.45, 2.75) is 0 Å². The average Bonchev–Trinajstić information content (AvgIpc) is 3.11. The lowest BCUT2D eigenvalue weighted by Crippen LogP contribution is -1.99. The highest BCUT2D eigenvalue weighted by molar-refractivity contribution is 6.56. The second kappa shape index (κ2) is 19.7. The largest absolute Gasteiger partial charge is 0.478 e. The van der Waals surface area contributed by atoms with Crippen molar-refractivity contribution in [1.29, 1.82) is 0 Å². The van der Waals surface area contributed by atoms with E-state index in [0.29, 0.717) is 22.3 Å². The Kier molecular flexibility index (Phi) is 17.5. The van der Waals surface area contributed by atoms with Crippen molar-refractivity contribution in [2.75, 3.05) is 0 Å². The van der Waals surface area contributed by atoms with E-state index in [-0.39, 0.29) is 91.5 Å². The van der Waals surface area contributed by atoms with Gasteiger partial charge < -0.3 is 10.2 Å². The Morgan fingerprint density at radius 2 is 0.481 bits per heavy atom. The van der Waals surface area contributed by atoms with Crippen LogP contribution < -0.4 is 0 Å². The van der Waals surface area contributed by atoms with Crippen LogP contribution in [0.15, 0.2) is 48.5 Å². The van der Waals surface area contributed by atoms with Gasteiger partial charge in [0, 0.05) is 22.3 Å². The summed E-state index contributed by atoms with van der Waals surface area (Å²) in [6, 6.07) is 11.1. The fourth-order valence-electron chi connectivity index (χ4n) is 3.83. The van der Waals surface area contributed by atoms with Crippen molar-refractivity contribution in [1.82, 2.24) is 0 Å². The van der Waals surface area contributed by atoms with Gasteiger partial charge >= 0.3 is 11.9 Å². The zero-order chi connectivity index (χ0) is 39.5. The zero-order valence-corrected chi connectivity index (χ0v) is 36.5. The van der Waals surface area contributed by atoms with E-state index in [1.54, 1.807) is 0 Å². The number of hydrogen-bond acceptors (Lipinski definition) is 2. The molecule has 0 aliphatic rings. The summed E-state index contributed by atoms with van der Waals surface area (Å²) in [6.45, 7) is 0. The summed E-state index contributed by atoms with van der Waals surface area (Å²) >= 11 is 96.4. The Bertz CT molecular complexity index is 1940. The van der Waals surface area contributed by atoms with Gasteiger partial charge in [-0.2, -0.15) is 0 Å². The van der Waals surface area contributed by atoms with Crippen LogP contribution in [0.25, 0.3) is 22.3 Å². The van der Waals surface area contributed by atoms with E-state index < -0.39 is 11.9 Å². The van der Waals surface area contributed by atoms with Crippen molar-refractivity contribution in [3.63, 3.8) is 0 Å². The minimum atomic E-state index is -1.06. The first-order valence-corrected chi connectivity index (χ1v) is 19.1. The van der Waals surface area contributed by atoms with Crippen LogP contribution in [0.2, 0.25) is 80.4 Å². The van der Waals surface area contributed by atoms with E-state index in [0.717, 1.165) is 0 Å². The summed E-state index contributed by atoms with van der Waals surface area (Å²) in [7, 11) is 0. The molecule has 0 saturated carbocycles.